The molecule has 2 unspecified atom stereocenters. The van der Waals surface area contributed by atoms with Gasteiger partial charge in [-0.3, -0.25) is 4.79 Å². The molecule has 2 atom stereocenters. The molecule has 1 aliphatic rings. The number of ether oxygens (including phenoxy) is 1. The van der Waals surface area contributed by atoms with Crippen LogP contribution in [0, 0.1) is 5.92 Å². The summed E-state index contributed by atoms with van der Waals surface area (Å²) < 4.78 is 5.84. The molecule has 1 amide bonds. The second-order valence-electron chi connectivity index (χ2n) is 5.45. The molecule has 0 aromatic heterocycles. The lowest BCUT2D eigenvalue weighted by molar-refractivity contribution is -0.129. The molecule has 0 radical (unpaired) electrons. The fourth-order valence-corrected chi connectivity index (χ4v) is 2.36. The van der Waals surface area contributed by atoms with Crippen LogP contribution in [0.4, 0.5) is 0 Å². The van der Waals surface area contributed by atoms with E-state index in [-0.39, 0.29) is 12.0 Å². The fourth-order valence-electron chi connectivity index (χ4n) is 2.36. The minimum atomic E-state index is -0.641. The molecule has 0 aromatic rings. The van der Waals surface area contributed by atoms with Crippen molar-refractivity contribution >= 4 is 5.91 Å². The molecule has 4 heteroatoms. The highest BCUT2D eigenvalue weighted by Gasteiger charge is 2.49. The van der Waals surface area contributed by atoms with E-state index in [1.165, 1.54) is 0 Å². The lowest BCUT2D eigenvalue weighted by Crippen LogP contribution is -2.61. The predicted molar refractivity (Wildman–Crippen MR) is 73.3 cm³/mol. The van der Waals surface area contributed by atoms with Crippen LogP contribution in [-0.4, -0.2) is 30.7 Å². The topological polar surface area (TPSA) is 64.3 Å². The number of nitrogens with two attached hydrogens (primary N) is 1. The minimum absolute atomic E-state index is 0.191. The van der Waals surface area contributed by atoms with Crippen LogP contribution in [0.25, 0.3) is 0 Å². The van der Waals surface area contributed by atoms with E-state index in [2.05, 4.69) is 26.1 Å². The monoisotopic (exact) mass is 256 g/mol. The molecule has 18 heavy (non-hydrogen) atoms. The summed E-state index contributed by atoms with van der Waals surface area (Å²) in [6.45, 7) is 7.50. The van der Waals surface area contributed by atoms with Gasteiger partial charge in [0, 0.05) is 0 Å². The largest absolute Gasteiger partial charge is 0.376 e. The maximum Gasteiger partial charge on any atom is 0.240 e. The Labute approximate surface area is 111 Å². The number of primary amides is 1. The zero-order valence-corrected chi connectivity index (χ0v) is 12.0. The molecule has 0 spiro atoms. The first kappa shape index (κ1) is 15.4. The normalized spacial score (nSPS) is 20.4. The number of carbonyl (C=O) groups excluding carboxylic acids is 1. The number of amides is 1. The Morgan fingerprint density at radius 1 is 1.44 bits per heavy atom. The first-order valence-electron chi connectivity index (χ1n) is 7.23. The van der Waals surface area contributed by atoms with Gasteiger partial charge >= 0.3 is 0 Å². The summed E-state index contributed by atoms with van der Waals surface area (Å²) >= 11 is 0. The van der Waals surface area contributed by atoms with Crippen molar-refractivity contribution in [3.63, 3.8) is 0 Å². The lowest BCUT2D eigenvalue weighted by atomic mass is 9.93. The van der Waals surface area contributed by atoms with Gasteiger partial charge in [0.1, 0.15) is 5.54 Å². The number of carbonyl (C=O) groups is 1. The zero-order chi connectivity index (χ0) is 13.6. The number of hydrogen-bond donors (Lipinski definition) is 2. The van der Waals surface area contributed by atoms with Gasteiger partial charge in [0.15, 0.2) is 0 Å². The summed E-state index contributed by atoms with van der Waals surface area (Å²) in [4.78, 5) is 11.9. The SMILES string of the molecule is CCCNC(COC(C)CCC)(C(N)=O)C1CC1. The molecule has 1 aliphatic carbocycles. The van der Waals surface area contributed by atoms with Gasteiger partial charge in [-0.2, -0.15) is 0 Å². The molecule has 106 valence electrons. The van der Waals surface area contributed by atoms with Gasteiger partial charge in [-0.05, 0) is 45.1 Å². The second kappa shape index (κ2) is 7.10. The van der Waals surface area contributed by atoms with Crippen LogP contribution < -0.4 is 11.1 Å². The average Bonchev–Trinajstić information content (AvgIpc) is 3.14. The zero-order valence-electron chi connectivity index (χ0n) is 12.0. The van der Waals surface area contributed by atoms with Crippen molar-refractivity contribution in [2.75, 3.05) is 13.2 Å². The Kier molecular flexibility index (Phi) is 6.09. The molecule has 4 nitrogen and oxygen atoms in total. The Hall–Kier alpha value is -0.610. The van der Waals surface area contributed by atoms with Crippen molar-refractivity contribution < 1.29 is 9.53 Å². The van der Waals surface area contributed by atoms with E-state index in [4.69, 9.17) is 10.5 Å². The second-order valence-corrected chi connectivity index (χ2v) is 5.45. The van der Waals surface area contributed by atoms with E-state index < -0.39 is 5.54 Å². The molecule has 0 aromatic carbocycles. The van der Waals surface area contributed by atoms with Gasteiger partial charge in [0.05, 0.1) is 12.7 Å². The quantitative estimate of drug-likeness (QED) is 0.626. The molecular formula is C14H28N2O2. The Balaban J connectivity index is 2.60. The van der Waals surface area contributed by atoms with Gasteiger partial charge in [-0.15, -0.1) is 0 Å². The van der Waals surface area contributed by atoms with E-state index in [1.54, 1.807) is 0 Å². The van der Waals surface area contributed by atoms with Crippen molar-refractivity contribution in [3.8, 4) is 0 Å². The molecule has 3 N–H and O–H groups in total. The van der Waals surface area contributed by atoms with Crippen LogP contribution >= 0.6 is 0 Å². The van der Waals surface area contributed by atoms with Gasteiger partial charge in [-0.1, -0.05) is 20.3 Å². The standard InChI is InChI=1S/C14H28N2O2/c1-4-6-11(3)18-10-14(13(15)17,12-7-8-12)16-9-5-2/h11-12,16H,4-10H2,1-3H3,(H2,15,17). The minimum Gasteiger partial charge on any atom is -0.376 e. The predicted octanol–water partition coefficient (Wildman–Crippen LogP) is 1.83. The van der Waals surface area contributed by atoms with Gasteiger partial charge in [0.25, 0.3) is 0 Å². The van der Waals surface area contributed by atoms with Crippen LogP contribution in [-0.2, 0) is 9.53 Å². The molecule has 1 saturated carbocycles. The third-order valence-corrected chi connectivity index (χ3v) is 3.70. The molecule has 1 fully saturated rings. The van der Waals surface area contributed by atoms with Crippen molar-refractivity contribution in [1.29, 1.82) is 0 Å². The van der Waals surface area contributed by atoms with Crippen molar-refractivity contribution in [2.24, 2.45) is 11.7 Å². The third kappa shape index (κ3) is 3.95. The van der Waals surface area contributed by atoms with Crippen LogP contribution in [0.1, 0.15) is 52.9 Å². The molecule has 0 bridgehead atoms. The van der Waals surface area contributed by atoms with E-state index in [9.17, 15) is 4.79 Å². The van der Waals surface area contributed by atoms with Gasteiger partial charge < -0.3 is 15.8 Å². The first-order chi connectivity index (χ1) is 8.56. The summed E-state index contributed by atoms with van der Waals surface area (Å²) in [6.07, 6.45) is 5.45. The molecule has 0 saturated heterocycles. The maximum absolute atomic E-state index is 11.9. The Morgan fingerprint density at radius 3 is 2.56 bits per heavy atom. The van der Waals surface area contributed by atoms with E-state index in [1.807, 2.05) is 0 Å². The summed E-state index contributed by atoms with van der Waals surface area (Å²) in [5.74, 6) is 0.0949. The van der Waals surface area contributed by atoms with E-state index in [0.717, 1.165) is 38.6 Å². The van der Waals surface area contributed by atoms with Crippen molar-refractivity contribution in [2.45, 2.75) is 64.5 Å². The van der Waals surface area contributed by atoms with E-state index in [0.29, 0.717) is 12.5 Å². The van der Waals surface area contributed by atoms with E-state index >= 15 is 0 Å². The van der Waals surface area contributed by atoms with Crippen LogP contribution in [0.3, 0.4) is 0 Å². The number of nitrogens with one attached hydrogen (secondary N) is 1. The van der Waals surface area contributed by atoms with Crippen molar-refractivity contribution in [3.05, 3.63) is 0 Å². The van der Waals surface area contributed by atoms with Crippen LogP contribution in [0.2, 0.25) is 0 Å². The highest BCUT2D eigenvalue weighted by molar-refractivity contribution is 5.85. The van der Waals surface area contributed by atoms with Crippen molar-refractivity contribution in [1.82, 2.24) is 5.32 Å². The lowest BCUT2D eigenvalue weighted by Gasteiger charge is -2.33. The van der Waals surface area contributed by atoms with Gasteiger partial charge in [0.2, 0.25) is 5.91 Å². The first-order valence-corrected chi connectivity index (χ1v) is 7.23. The molecular weight excluding hydrogens is 228 g/mol. The smallest absolute Gasteiger partial charge is 0.240 e. The highest BCUT2D eigenvalue weighted by Crippen LogP contribution is 2.40. The number of hydrogen-bond acceptors (Lipinski definition) is 3. The summed E-state index contributed by atoms with van der Waals surface area (Å²) in [5, 5.41) is 3.34. The van der Waals surface area contributed by atoms with Crippen LogP contribution in [0.5, 0.6) is 0 Å². The Bertz CT molecular complexity index is 267. The third-order valence-electron chi connectivity index (χ3n) is 3.70. The molecule has 0 heterocycles. The fraction of sp³-hybridized carbons (Fsp3) is 0.929. The average molecular weight is 256 g/mol. The van der Waals surface area contributed by atoms with Crippen LogP contribution in [0.15, 0.2) is 0 Å². The molecule has 0 aliphatic heterocycles. The maximum atomic E-state index is 11.9. The van der Waals surface area contributed by atoms with Gasteiger partial charge in [-0.25, -0.2) is 0 Å². The number of rotatable bonds is 10. The highest BCUT2D eigenvalue weighted by atomic mass is 16.5. The summed E-state index contributed by atoms with van der Waals surface area (Å²) in [7, 11) is 0. The Morgan fingerprint density at radius 2 is 2.11 bits per heavy atom. The summed E-state index contributed by atoms with van der Waals surface area (Å²) in [5.41, 5.74) is 4.99. The summed E-state index contributed by atoms with van der Waals surface area (Å²) in [6, 6.07) is 0. The molecule has 1 rings (SSSR count).